The molecular formula is C10H8ClN3O. The van der Waals surface area contributed by atoms with Crippen molar-refractivity contribution in [2.75, 3.05) is 0 Å². The second kappa shape index (κ2) is 3.82. The van der Waals surface area contributed by atoms with Crippen LogP contribution in [0.25, 0.3) is 11.3 Å². The topological polar surface area (TPSA) is 47.8 Å². The van der Waals surface area contributed by atoms with Crippen LogP contribution in [-0.2, 0) is 7.05 Å². The molecule has 0 saturated carbocycles. The van der Waals surface area contributed by atoms with Crippen LogP contribution in [0.4, 0.5) is 0 Å². The van der Waals surface area contributed by atoms with Crippen molar-refractivity contribution in [2.45, 2.75) is 0 Å². The molecule has 0 aliphatic heterocycles. The van der Waals surface area contributed by atoms with Gasteiger partial charge in [-0.3, -0.25) is 9.78 Å². The molecule has 2 rings (SSSR count). The molecule has 4 nitrogen and oxygen atoms in total. The highest BCUT2D eigenvalue weighted by atomic mass is 35.5. The van der Waals surface area contributed by atoms with Gasteiger partial charge in [-0.1, -0.05) is 11.6 Å². The highest BCUT2D eigenvalue weighted by Crippen LogP contribution is 2.13. The first-order valence-corrected chi connectivity index (χ1v) is 4.69. The largest absolute Gasteiger partial charge is 0.319 e. The average Bonchev–Trinajstić information content (AvgIpc) is 2.23. The lowest BCUT2D eigenvalue weighted by molar-refractivity contribution is 0.861. The van der Waals surface area contributed by atoms with E-state index in [1.807, 2.05) is 0 Å². The van der Waals surface area contributed by atoms with E-state index in [-0.39, 0.29) is 5.56 Å². The first-order chi connectivity index (χ1) is 7.16. The molecule has 76 valence electrons. The molecule has 0 bridgehead atoms. The van der Waals surface area contributed by atoms with Gasteiger partial charge < -0.3 is 4.57 Å². The first kappa shape index (κ1) is 9.86. The third-order valence-electron chi connectivity index (χ3n) is 2.02. The van der Waals surface area contributed by atoms with Crippen LogP contribution in [0, 0.1) is 0 Å². The lowest BCUT2D eigenvalue weighted by Gasteiger charge is -2.01. The normalized spacial score (nSPS) is 10.3. The average molecular weight is 222 g/mol. The Kier molecular flexibility index (Phi) is 2.51. The van der Waals surface area contributed by atoms with Gasteiger partial charge in [0.1, 0.15) is 5.15 Å². The number of hydrogen-bond donors (Lipinski definition) is 0. The summed E-state index contributed by atoms with van der Waals surface area (Å²) in [5, 5.41) is 0.336. The Morgan fingerprint density at radius 3 is 2.73 bits per heavy atom. The molecule has 15 heavy (non-hydrogen) atoms. The number of aryl methyl sites for hydroxylation is 1. The van der Waals surface area contributed by atoms with Gasteiger partial charge in [0, 0.05) is 24.9 Å². The maximum atomic E-state index is 11.4. The molecule has 0 fully saturated rings. The molecule has 0 saturated heterocycles. The number of halogens is 1. The number of rotatable bonds is 1. The van der Waals surface area contributed by atoms with E-state index in [4.69, 9.17) is 11.6 Å². The molecule has 0 aromatic carbocycles. The van der Waals surface area contributed by atoms with E-state index in [1.54, 1.807) is 19.3 Å². The predicted molar refractivity (Wildman–Crippen MR) is 57.7 cm³/mol. The quantitative estimate of drug-likeness (QED) is 0.733. The van der Waals surface area contributed by atoms with Crippen LogP contribution in [-0.4, -0.2) is 14.5 Å². The Bertz CT molecular complexity index is 533. The van der Waals surface area contributed by atoms with Crippen LogP contribution < -0.4 is 5.56 Å². The van der Waals surface area contributed by atoms with Gasteiger partial charge in [0.15, 0.2) is 0 Å². The molecule has 5 heteroatoms. The third-order valence-corrected chi connectivity index (χ3v) is 2.22. The van der Waals surface area contributed by atoms with Gasteiger partial charge in [0.25, 0.3) is 5.56 Å². The van der Waals surface area contributed by atoms with Gasteiger partial charge in [-0.05, 0) is 6.07 Å². The summed E-state index contributed by atoms with van der Waals surface area (Å²) >= 11 is 5.62. The van der Waals surface area contributed by atoms with E-state index < -0.39 is 0 Å². The number of pyridine rings is 1. The van der Waals surface area contributed by atoms with Gasteiger partial charge >= 0.3 is 0 Å². The van der Waals surface area contributed by atoms with Crippen molar-refractivity contribution in [2.24, 2.45) is 7.05 Å². The number of aromatic nitrogens is 3. The van der Waals surface area contributed by atoms with E-state index in [0.717, 1.165) is 5.56 Å². The number of nitrogens with zero attached hydrogens (tertiary/aromatic N) is 3. The zero-order chi connectivity index (χ0) is 10.8. The summed E-state index contributed by atoms with van der Waals surface area (Å²) in [5.41, 5.74) is 1.30. The Morgan fingerprint density at radius 1 is 1.33 bits per heavy atom. The predicted octanol–water partition coefficient (Wildman–Crippen LogP) is 1.50. The van der Waals surface area contributed by atoms with Crippen LogP contribution in [0.15, 0.2) is 35.5 Å². The van der Waals surface area contributed by atoms with E-state index >= 15 is 0 Å². The second-order valence-electron chi connectivity index (χ2n) is 3.09. The van der Waals surface area contributed by atoms with Crippen molar-refractivity contribution in [3.05, 3.63) is 46.2 Å². The fourth-order valence-electron chi connectivity index (χ4n) is 1.17. The Balaban J connectivity index is 2.50. The van der Waals surface area contributed by atoms with Crippen molar-refractivity contribution < 1.29 is 0 Å². The SMILES string of the molecule is Cn1ccc(-c2cnc(Cl)cn2)cc1=O. The summed E-state index contributed by atoms with van der Waals surface area (Å²) in [5.74, 6) is 0. The van der Waals surface area contributed by atoms with Crippen LogP contribution in [0.2, 0.25) is 5.15 Å². The molecule has 0 spiro atoms. The standard InChI is InChI=1S/C10H8ClN3O/c1-14-3-2-7(4-10(14)15)8-5-13-9(11)6-12-8/h2-6H,1H3. The summed E-state index contributed by atoms with van der Waals surface area (Å²) in [4.78, 5) is 19.3. The summed E-state index contributed by atoms with van der Waals surface area (Å²) in [6.07, 6.45) is 4.68. The fourth-order valence-corrected chi connectivity index (χ4v) is 1.27. The Labute approximate surface area is 91.2 Å². The molecule has 0 aliphatic carbocycles. The van der Waals surface area contributed by atoms with E-state index in [0.29, 0.717) is 10.8 Å². The second-order valence-corrected chi connectivity index (χ2v) is 3.48. The van der Waals surface area contributed by atoms with Crippen molar-refractivity contribution in [3.8, 4) is 11.3 Å². The molecular weight excluding hydrogens is 214 g/mol. The zero-order valence-corrected chi connectivity index (χ0v) is 8.77. The van der Waals surface area contributed by atoms with Gasteiger partial charge in [-0.25, -0.2) is 4.98 Å². The minimum atomic E-state index is -0.0794. The highest BCUT2D eigenvalue weighted by molar-refractivity contribution is 6.29. The molecule has 2 heterocycles. The molecule has 2 aromatic rings. The van der Waals surface area contributed by atoms with Gasteiger partial charge in [0.05, 0.1) is 18.1 Å². The lowest BCUT2D eigenvalue weighted by Crippen LogP contribution is -2.14. The third kappa shape index (κ3) is 2.05. The summed E-state index contributed by atoms with van der Waals surface area (Å²) in [6, 6.07) is 3.32. The fraction of sp³-hybridized carbons (Fsp3) is 0.100. The highest BCUT2D eigenvalue weighted by Gasteiger charge is 2.01. The van der Waals surface area contributed by atoms with Crippen LogP contribution in [0.3, 0.4) is 0 Å². The van der Waals surface area contributed by atoms with Crippen LogP contribution in [0.1, 0.15) is 0 Å². The zero-order valence-electron chi connectivity index (χ0n) is 8.01. The van der Waals surface area contributed by atoms with Crippen LogP contribution >= 0.6 is 11.6 Å². The van der Waals surface area contributed by atoms with E-state index in [2.05, 4.69) is 9.97 Å². The smallest absolute Gasteiger partial charge is 0.250 e. The maximum Gasteiger partial charge on any atom is 0.250 e. The number of hydrogen-bond acceptors (Lipinski definition) is 3. The van der Waals surface area contributed by atoms with Gasteiger partial charge in [-0.15, -0.1) is 0 Å². The minimum absolute atomic E-state index is 0.0794. The summed E-state index contributed by atoms with van der Waals surface area (Å²) in [6.45, 7) is 0. The van der Waals surface area contributed by atoms with Crippen molar-refractivity contribution >= 4 is 11.6 Å². The molecule has 0 amide bonds. The van der Waals surface area contributed by atoms with Gasteiger partial charge in [0.2, 0.25) is 0 Å². The molecule has 2 aromatic heterocycles. The van der Waals surface area contributed by atoms with E-state index in [1.165, 1.54) is 23.0 Å². The Hall–Kier alpha value is -1.68. The van der Waals surface area contributed by atoms with E-state index in [9.17, 15) is 4.79 Å². The minimum Gasteiger partial charge on any atom is -0.319 e. The van der Waals surface area contributed by atoms with Crippen molar-refractivity contribution in [1.82, 2.24) is 14.5 Å². The van der Waals surface area contributed by atoms with Crippen molar-refractivity contribution in [1.29, 1.82) is 0 Å². The molecule has 0 aliphatic rings. The molecule has 0 N–H and O–H groups in total. The maximum absolute atomic E-state index is 11.4. The molecule has 0 atom stereocenters. The first-order valence-electron chi connectivity index (χ1n) is 4.31. The molecule has 0 radical (unpaired) electrons. The van der Waals surface area contributed by atoms with Gasteiger partial charge in [-0.2, -0.15) is 0 Å². The lowest BCUT2D eigenvalue weighted by atomic mass is 10.2. The summed E-state index contributed by atoms with van der Waals surface area (Å²) in [7, 11) is 1.69. The monoisotopic (exact) mass is 221 g/mol. The van der Waals surface area contributed by atoms with Crippen molar-refractivity contribution in [3.63, 3.8) is 0 Å². The summed E-state index contributed by atoms with van der Waals surface area (Å²) < 4.78 is 1.49. The molecule has 0 unspecified atom stereocenters. The van der Waals surface area contributed by atoms with Crippen LogP contribution in [0.5, 0.6) is 0 Å². The Morgan fingerprint density at radius 2 is 2.13 bits per heavy atom.